The van der Waals surface area contributed by atoms with Crippen molar-refractivity contribution in [3.63, 3.8) is 0 Å². The number of hydrogen-bond donors (Lipinski definition) is 0. The number of benzene rings is 2. The van der Waals surface area contributed by atoms with Crippen molar-refractivity contribution >= 4 is 32.7 Å². The molecule has 0 unspecified atom stereocenters. The van der Waals surface area contributed by atoms with Gasteiger partial charge in [-0.05, 0) is 43.0 Å². The van der Waals surface area contributed by atoms with Gasteiger partial charge in [-0.25, -0.2) is 4.79 Å². The van der Waals surface area contributed by atoms with Crippen LogP contribution >= 0.6 is 11.6 Å². The Kier molecular flexibility index (Phi) is 3.81. The predicted molar refractivity (Wildman–Crippen MR) is 93.8 cm³/mol. The van der Waals surface area contributed by atoms with Crippen molar-refractivity contribution in [1.82, 2.24) is 0 Å². The summed E-state index contributed by atoms with van der Waals surface area (Å²) in [4.78, 5) is 12.1. The van der Waals surface area contributed by atoms with Gasteiger partial charge in [-0.15, -0.1) is 0 Å². The molecule has 128 valence electrons. The van der Waals surface area contributed by atoms with E-state index in [1.54, 1.807) is 24.3 Å². The fraction of sp³-hybridized carbons (Fsp3) is 0.167. The second kappa shape index (κ2) is 5.89. The molecular weight excluding hydrogens is 364 g/mol. The second-order valence-corrected chi connectivity index (χ2v) is 7.78. The van der Waals surface area contributed by atoms with Crippen LogP contribution in [0.15, 0.2) is 56.6 Å². The average molecular weight is 377 g/mol. The van der Waals surface area contributed by atoms with Crippen LogP contribution in [0.5, 0.6) is 5.75 Å². The lowest BCUT2D eigenvalue weighted by Gasteiger charge is -2.10. The molecule has 1 aliphatic rings. The molecule has 0 atom stereocenters. The first kappa shape index (κ1) is 16.2. The van der Waals surface area contributed by atoms with Crippen molar-refractivity contribution in [3.8, 4) is 5.75 Å². The van der Waals surface area contributed by atoms with Crippen LogP contribution in [-0.2, 0) is 23.0 Å². The lowest BCUT2D eigenvalue weighted by Crippen LogP contribution is -2.10. The highest BCUT2D eigenvalue weighted by Gasteiger charge is 2.23. The molecule has 2 aromatic carbocycles. The Balaban J connectivity index is 1.83. The van der Waals surface area contributed by atoms with Gasteiger partial charge in [-0.2, -0.15) is 8.42 Å². The van der Waals surface area contributed by atoms with Gasteiger partial charge in [-0.1, -0.05) is 29.8 Å². The van der Waals surface area contributed by atoms with E-state index in [4.69, 9.17) is 20.2 Å². The molecule has 0 fully saturated rings. The number of fused-ring (bicyclic) bond motifs is 3. The van der Waals surface area contributed by atoms with E-state index in [1.807, 2.05) is 0 Å². The van der Waals surface area contributed by atoms with Gasteiger partial charge in [0.25, 0.3) is 0 Å². The molecule has 7 heteroatoms. The molecule has 0 bridgehead atoms. The normalized spacial score (nSPS) is 13.8. The van der Waals surface area contributed by atoms with E-state index in [0.717, 1.165) is 23.8 Å². The predicted octanol–water partition coefficient (Wildman–Crippen LogP) is 3.70. The standard InChI is InChI=1S/C18H13ClO5S/c19-15-9-14-12-7-4-8-13(12)18(20)23-16(14)10-17(15)24-25(21,22)11-5-2-1-3-6-11/h1-3,5-6,9-10H,4,7-8H2. The summed E-state index contributed by atoms with van der Waals surface area (Å²) in [7, 11) is -4.03. The quantitative estimate of drug-likeness (QED) is 0.514. The molecule has 0 saturated carbocycles. The first-order chi connectivity index (χ1) is 12.0. The second-order valence-electron chi connectivity index (χ2n) is 5.83. The molecule has 3 aromatic rings. The highest BCUT2D eigenvalue weighted by Crippen LogP contribution is 2.35. The summed E-state index contributed by atoms with van der Waals surface area (Å²) in [5, 5.41) is 0.872. The molecule has 1 heterocycles. The van der Waals surface area contributed by atoms with Crippen molar-refractivity contribution in [2.75, 3.05) is 0 Å². The molecule has 1 aliphatic carbocycles. The lowest BCUT2D eigenvalue weighted by atomic mass is 10.1. The van der Waals surface area contributed by atoms with Crippen LogP contribution in [0, 0.1) is 0 Å². The lowest BCUT2D eigenvalue weighted by molar-refractivity contribution is 0.485. The Labute approximate surface area is 148 Å². The maximum Gasteiger partial charge on any atom is 0.339 e. The minimum atomic E-state index is -4.03. The Morgan fingerprint density at radius 2 is 1.76 bits per heavy atom. The third-order valence-corrected chi connectivity index (χ3v) is 5.80. The summed E-state index contributed by atoms with van der Waals surface area (Å²) < 4.78 is 35.2. The smallest absolute Gasteiger partial charge is 0.339 e. The topological polar surface area (TPSA) is 73.6 Å². The molecule has 4 rings (SSSR count). The van der Waals surface area contributed by atoms with E-state index in [-0.39, 0.29) is 26.9 Å². The molecule has 0 radical (unpaired) electrons. The molecule has 0 saturated heterocycles. The molecule has 25 heavy (non-hydrogen) atoms. The van der Waals surface area contributed by atoms with Gasteiger partial charge < -0.3 is 8.60 Å². The van der Waals surface area contributed by atoms with Crippen LogP contribution in [0.4, 0.5) is 0 Å². The van der Waals surface area contributed by atoms with E-state index in [0.29, 0.717) is 12.0 Å². The van der Waals surface area contributed by atoms with Crippen molar-refractivity contribution in [3.05, 3.63) is 69.0 Å². The van der Waals surface area contributed by atoms with Gasteiger partial charge in [0.15, 0.2) is 5.75 Å². The van der Waals surface area contributed by atoms with Crippen molar-refractivity contribution < 1.29 is 17.0 Å². The SMILES string of the molecule is O=c1oc2cc(OS(=O)(=O)c3ccccc3)c(Cl)cc2c2c1CCC2. The maximum absolute atomic E-state index is 12.4. The number of rotatable bonds is 3. The zero-order valence-electron chi connectivity index (χ0n) is 13.0. The highest BCUT2D eigenvalue weighted by atomic mass is 35.5. The van der Waals surface area contributed by atoms with Crippen LogP contribution in [0.2, 0.25) is 5.02 Å². The fourth-order valence-corrected chi connectivity index (χ4v) is 4.31. The highest BCUT2D eigenvalue weighted by molar-refractivity contribution is 7.87. The van der Waals surface area contributed by atoms with Crippen LogP contribution in [0.3, 0.4) is 0 Å². The van der Waals surface area contributed by atoms with E-state index in [9.17, 15) is 13.2 Å². The van der Waals surface area contributed by atoms with Gasteiger partial charge in [0.1, 0.15) is 10.5 Å². The third-order valence-electron chi connectivity index (χ3n) is 4.26. The summed E-state index contributed by atoms with van der Waals surface area (Å²) in [5.74, 6) is -0.0703. The van der Waals surface area contributed by atoms with Crippen LogP contribution in [0.1, 0.15) is 17.5 Å². The van der Waals surface area contributed by atoms with Gasteiger partial charge >= 0.3 is 15.7 Å². The largest absolute Gasteiger partial charge is 0.422 e. The van der Waals surface area contributed by atoms with Gasteiger partial charge in [0.05, 0.1) is 5.02 Å². The average Bonchev–Trinajstić information content (AvgIpc) is 3.08. The monoisotopic (exact) mass is 376 g/mol. The summed E-state index contributed by atoms with van der Waals surface area (Å²) in [5.41, 5.74) is 1.48. The Bertz CT molecular complexity index is 1130. The van der Waals surface area contributed by atoms with Crippen molar-refractivity contribution in [2.24, 2.45) is 0 Å². The molecule has 0 aliphatic heterocycles. The first-order valence-corrected chi connectivity index (χ1v) is 9.52. The summed E-state index contributed by atoms with van der Waals surface area (Å²) in [6, 6.07) is 10.7. The molecule has 5 nitrogen and oxygen atoms in total. The first-order valence-electron chi connectivity index (χ1n) is 7.73. The number of aryl methyl sites for hydroxylation is 1. The molecule has 0 amide bonds. The van der Waals surface area contributed by atoms with Crippen LogP contribution in [-0.4, -0.2) is 8.42 Å². The van der Waals surface area contributed by atoms with Crippen molar-refractivity contribution in [2.45, 2.75) is 24.2 Å². The summed E-state index contributed by atoms with van der Waals surface area (Å²) in [6.07, 6.45) is 2.35. The van der Waals surface area contributed by atoms with E-state index >= 15 is 0 Å². The maximum atomic E-state index is 12.4. The number of halogens is 1. The van der Waals surface area contributed by atoms with E-state index in [1.165, 1.54) is 18.2 Å². The Morgan fingerprint density at radius 1 is 1.04 bits per heavy atom. The molecule has 0 N–H and O–H groups in total. The van der Waals surface area contributed by atoms with Crippen molar-refractivity contribution in [1.29, 1.82) is 0 Å². The van der Waals surface area contributed by atoms with Gasteiger partial charge in [0, 0.05) is 17.0 Å². The third kappa shape index (κ3) is 2.81. The zero-order valence-corrected chi connectivity index (χ0v) is 14.6. The molecule has 1 aromatic heterocycles. The van der Waals surface area contributed by atoms with E-state index in [2.05, 4.69) is 0 Å². The fourth-order valence-electron chi connectivity index (χ4n) is 3.10. The van der Waals surface area contributed by atoms with E-state index < -0.39 is 10.1 Å². The Hall–Kier alpha value is -2.31. The summed E-state index contributed by atoms with van der Waals surface area (Å²) >= 11 is 6.23. The molecule has 0 spiro atoms. The molecular formula is C18H13ClO5S. The van der Waals surface area contributed by atoms with Crippen LogP contribution < -0.4 is 9.81 Å². The zero-order chi connectivity index (χ0) is 17.6. The minimum Gasteiger partial charge on any atom is -0.422 e. The summed E-state index contributed by atoms with van der Waals surface area (Å²) in [6.45, 7) is 0. The Morgan fingerprint density at radius 3 is 2.52 bits per heavy atom. The van der Waals surface area contributed by atoms with Crippen LogP contribution in [0.25, 0.3) is 11.0 Å². The number of hydrogen-bond acceptors (Lipinski definition) is 5. The minimum absolute atomic E-state index is 0.0153. The van der Waals surface area contributed by atoms with Gasteiger partial charge in [-0.3, -0.25) is 0 Å². The van der Waals surface area contributed by atoms with Gasteiger partial charge in [0.2, 0.25) is 0 Å².